The maximum Gasteiger partial charge on any atom is 0.0821 e. The highest BCUT2D eigenvalue weighted by Crippen LogP contribution is 2.39. The molecule has 0 amide bonds. The number of aromatic nitrogens is 2. The summed E-state index contributed by atoms with van der Waals surface area (Å²) in [4.78, 5) is 0. The Kier molecular flexibility index (Phi) is 2.54. The van der Waals surface area contributed by atoms with Gasteiger partial charge in [-0.1, -0.05) is 11.6 Å². The van der Waals surface area contributed by atoms with Crippen LogP contribution in [0.5, 0.6) is 0 Å². The Labute approximate surface area is 89.2 Å². The lowest BCUT2D eigenvalue weighted by Crippen LogP contribution is -2.38. The molecule has 2 N–H and O–H groups in total. The molecule has 1 aliphatic carbocycles. The van der Waals surface area contributed by atoms with Crippen molar-refractivity contribution in [2.45, 2.75) is 44.7 Å². The maximum absolute atomic E-state index is 6.12. The Bertz CT molecular complexity index is 332. The van der Waals surface area contributed by atoms with Gasteiger partial charge >= 0.3 is 0 Å². The molecule has 1 heterocycles. The van der Waals surface area contributed by atoms with Crippen molar-refractivity contribution in [1.82, 2.24) is 9.78 Å². The zero-order valence-electron chi connectivity index (χ0n) is 8.57. The Morgan fingerprint density at radius 2 is 2.29 bits per heavy atom. The number of hydrogen-bond acceptors (Lipinski definition) is 2. The predicted molar refractivity (Wildman–Crippen MR) is 57.6 cm³/mol. The van der Waals surface area contributed by atoms with E-state index < -0.39 is 0 Å². The number of halogens is 1. The van der Waals surface area contributed by atoms with Gasteiger partial charge in [0.15, 0.2) is 0 Å². The van der Waals surface area contributed by atoms with Gasteiger partial charge in [0.2, 0.25) is 0 Å². The highest BCUT2D eigenvalue weighted by molar-refractivity contribution is 6.31. The molecule has 1 fully saturated rings. The van der Waals surface area contributed by atoms with Gasteiger partial charge in [0.1, 0.15) is 0 Å². The molecular weight excluding hydrogens is 198 g/mol. The van der Waals surface area contributed by atoms with E-state index in [2.05, 4.69) is 18.9 Å². The summed E-state index contributed by atoms with van der Waals surface area (Å²) in [6.07, 6.45) is 3.96. The molecule has 0 saturated heterocycles. The van der Waals surface area contributed by atoms with Crippen molar-refractivity contribution in [3.05, 3.63) is 16.9 Å². The normalized spacial score (nSPS) is 26.6. The molecule has 0 aromatic carbocycles. The van der Waals surface area contributed by atoms with Crippen molar-refractivity contribution in [2.24, 2.45) is 5.73 Å². The van der Waals surface area contributed by atoms with E-state index >= 15 is 0 Å². The second-order valence-electron chi connectivity index (χ2n) is 4.26. The summed E-state index contributed by atoms with van der Waals surface area (Å²) in [7, 11) is 0. The Balaban J connectivity index is 2.34. The summed E-state index contributed by atoms with van der Waals surface area (Å²) in [5.41, 5.74) is 7.08. The minimum absolute atomic E-state index is 0.265. The Morgan fingerprint density at radius 1 is 1.57 bits per heavy atom. The number of nitrogens with zero attached hydrogens (tertiary/aromatic N) is 2. The molecule has 4 heteroatoms. The number of hydrogen-bond donors (Lipinski definition) is 1. The second kappa shape index (κ2) is 3.55. The highest BCUT2D eigenvalue weighted by Gasteiger charge is 2.33. The molecule has 1 aliphatic rings. The summed E-state index contributed by atoms with van der Waals surface area (Å²) in [6, 6.07) is 0.618. The lowest BCUT2D eigenvalue weighted by atomic mass is 9.78. The van der Waals surface area contributed by atoms with Crippen LogP contribution in [0.15, 0.2) is 6.20 Å². The lowest BCUT2D eigenvalue weighted by Gasteiger charge is -2.34. The molecule has 1 saturated carbocycles. The van der Waals surface area contributed by atoms with Crippen LogP contribution in [0, 0.1) is 0 Å². The summed E-state index contributed by atoms with van der Waals surface area (Å²) in [6.45, 7) is 4.22. The molecule has 3 nitrogen and oxygen atoms in total. The first kappa shape index (κ1) is 9.99. The van der Waals surface area contributed by atoms with Gasteiger partial charge in [-0.15, -0.1) is 0 Å². The fraction of sp³-hybridized carbons (Fsp3) is 0.700. The van der Waals surface area contributed by atoms with Crippen LogP contribution in [0.2, 0.25) is 5.02 Å². The molecule has 0 bridgehead atoms. The van der Waals surface area contributed by atoms with Crippen molar-refractivity contribution >= 4 is 11.6 Å². The summed E-state index contributed by atoms with van der Waals surface area (Å²) < 4.78 is 1.99. The third-order valence-corrected chi connectivity index (χ3v) is 3.25. The highest BCUT2D eigenvalue weighted by atomic mass is 35.5. The van der Waals surface area contributed by atoms with Gasteiger partial charge in [0.25, 0.3) is 0 Å². The van der Waals surface area contributed by atoms with E-state index in [4.69, 9.17) is 17.3 Å². The van der Waals surface area contributed by atoms with E-state index in [1.807, 2.05) is 4.68 Å². The summed E-state index contributed by atoms with van der Waals surface area (Å²) in [5.74, 6) is 0.410. The molecule has 2 atom stereocenters. The van der Waals surface area contributed by atoms with Crippen LogP contribution in [0.4, 0.5) is 0 Å². The van der Waals surface area contributed by atoms with E-state index in [9.17, 15) is 0 Å². The summed E-state index contributed by atoms with van der Waals surface area (Å²) in [5, 5.41) is 5.04. The average Bonchev–Trinajstić information content (AvgIpc) is 2.46. The SMILES string of the molecule is CC(C)n1ncc(Cl)c1C1CCC1N. The first-order valence-corrected chi connectivity index (χ1v) is 5.47. The fourth-order valence-electron chi connectivity index (χ4n) is 1.97. The van der Waals surface area contributed by atoms with Crippen LogP contribution in [-0.2, 0) is 0 Å². The molecule has 0 radical (unpaired) electrons. The molecule has 14 heavy (non-hydrogen) atoms. The quantitative estimate of drug-likeness (QED) is 0.820. The molecule has 0 aliphatic heterocycles. The van der Waals surface area contributed by atoms with Crippen LogP contribution >= 0.6 is 11.6 Å². The van der Waals surface area contributed by atoms with E-state index in [1.165, 1.54) is 0 Å². The predicted octanol–water partition coefficient (Wildman–Crippen LogP) is 2.32. The zero-order chi connectivity index (χ0) is 10.3. The topological polar surface area (TPSA) is 43.8 Å². The van der Waals surface area contributed by atoms with Crippen LogP contribution in [0.1, 0.15) is 44.3 Å². The van der Waals surface area contributed by atoms with Gasteiger partial charge < -0.3 is 5.73 Å². The number of nitrogens with two attached hydrogens (primary N) is 1. The Hall–Kier alpha value is -0.540. The zero-order valence-corrected chi connectivity index (χ0v) is 9.33. The van der Waals surface area contributed by atoms with Gasteiger partial charge in [-0.2, -0.15) is 5.10 Å². The van der Waals surface area contributed by atoms with Gasteiger partial charge in [-0.25, -0.2) is 0 Å². The van der Waals surface area contributed by atoms with Crippen molar-refractivity contribution in [2.75, 3.05) is 0 Å². The first-order valence-electron chi connectivity index (χ1n) is 5.09. The van der Waals surface area contributed by atoms with Gasteiger partial charge in [-0.3, -0.25) is 4.68 Å². The summed E-state index contributed by atoms with van der Waals surface area (Å²) >= 11 is 6.12. The maximum atomic E-state index is 6.12. The largest absolute Gasteiger partial charge is 0.327 e. The molecule has 0 spiro atoms. The lowest BCUT2D eigenvalue weighted by molar-refractivity contribution is 0.319. The van der Waals surface area contributed by atoms with Crippen LogP contribution in [0.3, 0.4) is 0 Å². The van der Waals surface area contributed by atoms with E-state index in [0.717, 1.165) is 23.6 Å². The van der Waals surface area contributed by atoms with E-state index in [0.29, 0.717) is 12.0 Å². The van der Waals surface area contributed by atoms with Gasteiger partial charge in [-0.05, 0) is 26.7 Å². The Morgan fingerprint density at radius 3 is 2.71 bits per heavy atom. The molecular formula is C10H16ClN3. The van der Waals surface area contributed by atoms with Crippen molar-refractivity contribution in [3.63, 3.8) is 0 Å². The third kappa shape index (κ3) is 1.44. The second-order valence-corrected chi connectivity index (χ2v) is 4.67. The number of rotatable bonds is 2. The standard InChI is InChI=1S/C10H16ClN3/c1-6(2)14-10(8(11)5-13-14)7-3-4-9(7)12/h5-7,9H,3-4,12H2,1-2H3. The van der Waals surface area contributed by atoms with Crippen molar-refractivity contribution in [3.8, 4) is 0 Å². The molecule has 1 aromatic rings. The minimum Gasteiger partial charge on any atom is -0.327 e. The fourth-order valence-corrected chi connectivity index (χ4v) is 2.24. The minimum atomic E-state index is 0.265. The monoisotopic (exact) mass is 213 g/mol. The molecule has 2 unspecified atom stereocenters. The van der Waals surface area contributed by atoms with Crippen LogP contribution < -0.4 is 5.73 Å². The third-order valence-electron chi connectivity index (χ3n) is 2.96. The van der Waals surface area contributed by atoms with Gasteiger partial charge in [0.05, 0.1) is 16.9 Å². The van der Waals surface area contributed by atoms with Crippen LogP contribution in [-0.4, -0.2) is 15.8 Å². The molecule has 2 rings (SSSR count). The van der Waals surface area contributed by atoms with E-state index in [-0.39, 0.29) is 6.04 Å². The first-order chi connectivity index (χ1) is 6.61. The van der Waals surface area contributed by atoms with Gasteiger partial charge in [0, 0.05) is 18.0 Å². The van der Waals surface area contributed by atoms with Crippen molar-refractivity contribution < 1.29 is 0 Å². The van der Waals surface area contributed by atoms with Crippen LogP contribution in [0.25, 0.3) is 0 Å². The smallest absolute Gasteiger partial charge is 0.0821 e. The molecule has 1 aromatic heterocycles. The van der Waals surface area contributed by atoms with Crippen molar-refractivity contribution in [1.29, 1.82) is 0 Å². The molecule has 78 valence electrons. The average molecular weight is 214 g/mol. The van der Waals surface area contributed by atoms with E-state index in [1.54, 1.807) is 6.20 Å².